The molecule has 150 valence electrons. The van der Waals surface area contributed by atoms with Crippen LogP contribution in [0.4, 0.5) is 5.69 Å². The van der Waals surface area contributed by atoms with E-state index in [2.05, 4.69) is 29.2 Å². The van der Waals surface area contributed by atoms with Crippen LogP contribution in [0.25, 0.3) is 0 Å². The average molecular weight is 374 g/mol. The van der Waals surface area contributed by atoms with Crippen LogP contribution in [0, 0.1) is 11.3 Å². The monoisotopic (exact) mass is 373 g/mol. The van der Waals surface area contributed by atoms with Gasteiger partial charge in [-0.15, -0.1) is 0 Å². The molecule has 0 radical (unpaired) electrons. The molecule has 0 aliphatic carbocycles. The van der Waals surface area contributed by atoms with Gasteiger partial charge in [-0.2, -0.15) is 0 Å². The van der Waals surface area contributed by atoms with Crippen molar-refractivity contribution in [3.8, 4) is 0 Å². The summed E-state index contributed by atoms with van der Waals surface area (Å²) in [6, 6.07) is 8.33. The molecule has 0 spiro atoms. The Hall–Kier alpha value is -2.04. The van der Waals surface area contributed by atoms with Crippen molar-refractivity contribution >= 4 is 17.5 Å². The van der Waals surface area contributed by atoms with E-state index in [9.17, 15) is 9.59 Å². The van der Waals surface area contributed by atoms with Crippen LogP contribution in [0.5, 0.6) is 0 Å². The van der Waals surface area contributed by atoms with Gasteiger partial charge in [-0.3, -0.25) is 9.59 Å². The second kappa shape index (κ2) is 8.77. The molecule has 1 aliphatic rings. The zero-order chi connectivity index (χ0) is 20.2. The second-order valence-corrected chi connectivity index (χ2v) is 8.75. The minimum absolute atomic E-state index is 0.0916. The number of hydrogen-bond donors (Lipinski definition) is 0. The summed E-state index contributed by atoms with van der Waals surface area (Å²) in [5.74, 6) is 0.217. The fourth-order valence-electron chi connectivity index (χ4n) is 3.56. The highest BCUT2D eigenvalue weighted by Crippen LogP contribution is 2.25. The quantitative estimate of drug-likeness (QED) is 0.795. The lowest BCUT2D eigenvalue weighted by atomic mass is 9.90. The van der Waals surface area contributed by atoms with Gasteiger partial charge in [0.15, 0.2) is 0 Å². The topological polar surface area (TPSA) is 43.9 Å². The minimum atomic E-state index is -0.399. The van der Waals surface area contributed by atoms with Crippen LogP contribution >= 0.6 is 0 Å². The Bertz CT molecular complexity index is 647. The molecule has 1 aromatic rings. The maximum atomic E-state index is 13.1. The number of anilines is 1. The molecule has 0 saturated carbocycles. The lowest BCUT2D eigenvalue weighted by Crippen LogP contribution is -2.49. The van der Waals surface area contributed by atoms with E-state index in [1.165, 1.54) is 0 Å². The van der Waals surface area contributed by atoms with Gasteiger partial charge in [-0.25, -0.2) is 0 Å². The fourth-order valence-corrected chi connectivity index (χ4v) is 3.56. The molecule has 0 aromatic heterocycles. The molecular weight excluding hydrogens is 338 g/mol. The summed E-state index contributed by atoms with van der Waals surface area (Å²) in [4.78, 5) is 31.6. The molecule has 0 N–H and O–H groups in total. The van der Waals surface area contributed by atoms with Crippen molar-refractivity contribution in [2.45, 2.75) is 47.1 Å². The molecule has 1 aliphatic heterocycles. The zero-order valence-electron chi connectivity index (χ0n) is 17.8. The van der Waals surface area contributed by atoms with Crippen LogP contribution in [-0.4, -0.2) is 55.3 Å². The SMILES string of the molecule is CCN(Cc1ccc(N(C)C)cc1)C(=O)C1CCCN(C(=O)C(C)(C)C)C1. The van der Waals surface area contributed by atoms with Crippen LogP contribution in [0.3, 0.4) is 0 Å². The standard InChI is InChI=1S/C22H35N3O2/c1-7-24(15-17-10-12-19(13-11-17)23(5)6)20(26)18-9-8-14-25(16-18)21(27)22(2,3)4/h10-13,18H,7-9,14-16H2,1-6H3. The van der Waals surface area contributed by atoms with Crippen molar-refractivity contribution in [3.63, 3.8) is 0 Å². The van der Waals surface area contributed by atoms with E-state index in [0.29, 0.717) is 19.6 Å². The highest BCUT2D eigenvalue weighted by atomic mass is 16.2. The van der Waals surface area contributed by atoms with Crippen LogP contribution in [-0.2, 0) is 16.1 Å². The zero-order valence-corrected chi connectivity index (χ0v) is 17.8. The number of rotatable bonds is 5. The molecule has 2 rings (SSSR count). The molecule has 2 amide bonds. The van der Waals surface area contributed by atoms with E-state index >= 15 is 0 Å². The fraction of sp³-hybridized carbons (Fsp3) is 0.636. The molecule has 27 heavy (non-hydrogen) atoms. The summed E-state index contributed by atoms with van der Waals surface area (Å²) in [6.07, 6.45) is 1.76. The van der Waals surface area contributed by atoms with Crippen LogP contribution in [0.2, 0.25) is 0 Å². The largest absolute Gasteiger partial charge is 0.378 e. The highest BCUT2D eigenvalue weighted by molar-refractivity contribution is 5.84. The van der Waals surface area contributed by atoms with E-state index in [-0.39, 0.29) is 17.7 Å². The van der Waals surface area contributed by atoms with E-state index in [4.69, 9.17) is 0 Å². The highest BCUT2D eigenvalue weighted by Gasteiger charge is 2.34. The Morgan fingerprint density at radius 3 is 2.30 bits per heavy atom. The van der Waals surface area contributed by atoms with Crippen molar-refractivity contribution in [2.75, 3.05) is 38.6 Å². The smallest absolute Gasteiger partial charge is 0.227 e. The molecule has 1 heterocycles. The van der Waals surface area contributed by atoms with Gasteiger partial charge in [0, 0.05) is 51.4 Å². The van der Waals surface area contributed by atoms with Gasteiger partial charge in [0.2, 0.25) is 11.8 Å². The average Bonchev–Trinajstić information content (AvgIpc) is 2.64. The summed E-state index contributed by atoms with van der Waals surface area (Å²) >= 11 is 0. The molecule has 1 saturated heterocycles. The van der Waals surface area contributed by atoms with Crippen molar-refractivity contribution in [1.82, 2.24) is 9.80 Å². The van der Waals surface area contributed by atoms with Gasteiger partial charge >= 0.3 is 0 Å². The predicted molar refractivity (Wildman–Crippen MR) is 111 cm³/mol. The van der Waals surface area contributed by atoms with E-state index in [1.54, 1.807) is 0 Å². The third-order valence-corrected chi connectivity index (χ3v) is 5.22. The molecular formula is C22H35N3O2. The summed E-state index contributed by atoms with van der Waals surface area (Å²) < 4.78 is 0. The number of hydrogen-bond acceptors (Lipinski definition) is 3. The summed E-state index contributed by atoms with van der Waals surface area (Å²) in [7, 11) is 4.04. The Morgan fingerprint density at radius 1 is 1.15 bits per heavy atom. The number of amides is 2. The Labute approximate surface area is 164 Å². The van der Waals surface area contributed by atoms with Crippen molar-refractivity contribution in [1.29, 1.82) is 0 Å². The number of benzene rings is 1. The summed E-state index contributed by atoms with van der Waals surface area (Å²) in [6.45, 7) is 10.4. The van der Waals surface area contributed by atoms with E-state index < -0.39 is 5.41 Å². The van der Waals surface area contributed by atoms with Crippen LogP contribution in [0.15, 0.2) is 24.3 Å². The number of nitrogens with zero attached hydrogens (tertiary/aromatic N) is 3. The number of likely N-dealkylation sites (tertiary alicyclic amines) is 1. The maximum Gasteiger partial charge on any atom is 0.227 e. The first kappa shape index (κ1) is 21.3. The minimum Gasteiger partial charge on any atom is -0.378 e. The third-order valence-electron chi connectivity index (χ3n) is 5.22. The third kappa shape index (κ3) is 5.47. The van der Waals surface area contributed by atoms with Crippen LogP contribution < -0.4 is 4.90 Å². The Morgan fingerprint density at radius 2 is 1.78 bits per heavy atom. The van der Waals surface area contributed by atoms with Crippen molar-refractivity contribution in [3.05, 3.63) is 29.8 Å². The Kier molecular flexibility index (Phi) is 6.90. The van der Waals surface area contributed by atoms with Gasteiger partial charge in [0.25, 0.3) is 0 Å². The van der Waals surface area contributed by atoms with Gasteiger partial charge in [0.1, 0.15) is 0 Å². The Balaban J connectivity index is 2.03. The number of piperidine rings is 1. The molecule has 0 bridgehead atoms. The normalized spacial score (nSPS) is 17.6. The molecule has 5 nitrogen and oxygen atoms in total. The molecule has 1 unspecified atom stereocenters. The van der Waals surface area contributed by atoms with Gasteiger partial charge in [0.05, 0.1) is 5.92 Å². The number of carbonyl (C=O) groups is 2. The lowest BCUT2D eigenvalue weighted by Gasteiger charge is -2.37. The first-order valence-corrected chi connectivity index (χ1v) is 9.98. The first-order chi connectivity index (χ1) is 12.6. The van der Waals surface area contributed by atoms with Crippen LogP contribution in [0.1, 0.15) is 46.1 Å². The van der Waals surface area contributed by atoms with E-state index in [1.807, 2.05) is 51.6 Å². The number of carbonyl (C=O) groups excluding carboxylic acids is 2. The molecule has 1 atom stereocenters. The summed E-state index contributed by atoms with van der Waals surface area (Å²) in [5, 5.41) is 0. The lowest BCUT2D eigenvalue weighted by molar-refractivity contribution is -0.145. The van der Waals surface area contributed by atoms with Crippen molar-refractivity contribution in [2.24, 2.45) is 11.3 Å². The molecule has 5 heteroatoms. The summed E-state index contributed by atoms with van der Waals surface area (Å²) in [5.41, 5.74) is 1.88. The molecule has 1 aromatic carbocycles. The van der Waals surface area contributed by atoms with E-state index in [0.717, 1.165) is 30.6 Å². The van der Waals surface area contributed by atoms with Gasteiger partial charge in [-0.05, 0) is 37.5 Å². The first-order valence-electron chi connectivity index (χ1n) is 9.98. The van der Waals surface area contributed by atoms with Crippen molar-refractivity contribution < 1.29 is 9.59 Å². The second-order valence-electron chi connectivity index (χ2n) is 8.75. The van der Waals surface area contributed by atoms with Gasteiger partial charge < -0.3 is 14.7 Å². The van der Waals surface area contributed by atoms with Gasteiger partial charge in [-0.1, -0.05) is 32.9 Å². The molecule has 1 fully saturated rings. The maximum absolute atomic E-state index is 13.1. The predicted octanol–water partition coefficient (Wildman–Crippen LogP) is 3.39.